The second-order valence-electron chi connectivity index (χ2n) is 8.64. The summed E-state index contributed by atoms with van der Waals surface area (Å²) in [5.74, 6) is 0. The third kappa shape index (κ3) is 3.86. The summed E-state index contributed by atoms with van der Waals surface area (Å²) >= 11 is -4.27. The van der Waals surface area contributed by atoms with E-state index in [-0.39, 0.29) is 9.76 Å². The summed E-state index contributed by atoms with van der Waals surface area (Å²) in [6, 6.07) is 19.0. The van der Waals surface area contributed by atoms with E-state index in [2.05, 4.69) is 86.9 Å². The number of halogens is 2. The molecule has 137 valence electrons. The van der Waals surface area contributed by atoms with Crippen molar-refractivity contribution in [2.24, 2.45) is 0 Å². The third-order valence-corrected chi connectivity index (χ3v) is 15.5. The molecule has 26 heavy (non-hydrogen) atoms. The van der Waals surface area contributed by atoms with Crippen LogP contribution in [0.3, 0.4) is 0 Å². The fraction of sp³-hybridized carbons (Fsp3) is 0.333. The Labute approximate surface area is 167 Å². The van der Waals surface area contributed by atoms with E-state index >= 15 is 0 Å². The van der Waals surface area contributed by atoms with Crippen LogP contribution >= 0.6 is 18.6 Å². The van der Waals surface area contributed by atoms with E-state index in [1.807, 2.05) is 6.07 Å². The summed E-state index contributed by atoms with van der Waals surface area (Å²) in [4.78, 5) is 0. The molecule has 0 heterocycles. The van der Waals surface area contributed by atoms with Crippen molar-refractivity contribution in [2.75, 3.05) is 0 Å². The first kappa shape index (κ1) is 20.2. The second kappa shape index (κ2) is 6.83. The van der Waals surface area contributed by atoms with Gasteiger partial charge in [-0.3, -0.25) is 0 Å². The van der Waals surface area contributed by atoms with E-state index in [0.717, 1.165) is 0 Å². The number of rotatable bonds is 4. The van der Waals surface area contributed by atoms with Crippen molar-refractivity contribution >= 4 is 35.1 Å². The fourth-order valence-corrected chi connectivity index (χ4v) is 18.0. The number of hydrogen-bond acceptors (Lipinski definition) is 1. The molecule has 3 rings (SSSR count). The van der Waals surface area contributed by atoms with Crippen molar-refractivity contribution in [1.82, 2.24) is 3.80 Å². The van der Waals surface area contributed by atoms with Crippen molar-refractivity contribution in [3.05, 3.63) is 71.3 Å². The van der Waals surface area contributed by atoms with E-state index in [9.17, 15) is 0 Å². The van der Waals surface area contributed by atoms with E-state index < -0.39 is 13.2 Å². The number of fused-ring (bicyclic) bond motifs is 1. The van der Waals surface area contributed by atoms with Gasteiger partial charge in [0.05, 0.1) is 0 Å². The van der Waals surface area contributed by atoms with Gasteiger partial charge in [-0.2, -0.15) is 0 Å². The summed E-state index contributed by atoms with van der Waals surface area (Å²) in [7, 11) is 15.2. The molecule has 0 saturated heterocycles. The third-order valence-electron chi connectivity index (χ3n) is 5.27. The maximum absolute atomic E-state index is 7.62. The van der Waals surface area contributed by atoms with E-state index in [4.69, 9.17) is 18.6 Å². The van der Waals surface area contributed by atoms with Gasteiger partial charge in [0, 0.05) is 0 Å². The van der Waals surface area contributed by atoms with E-state index in [1.165, 1.54) is 27.7 Å². The van der Waals surface area contributed by atoms with Crippen LogP contribution in [0, 0.1) is 0 Å². The zero-order chi connectivity index (χ0) is 19.2. The Balaban J connectivity index is 2.19. The SMILES string of the molecule is CC1=C(C)[CH]([Ti]([Cl])([Cl])([BH]c2ccccc2)[NH]C(C)(C)C)c2ccccc21. The van der Waals surface area contributed by atoms with Crippen LogP contribution < -0.4 is 9.26 Å². The average Bonchev–Trinajstić information content (AvgIpc) is 2.78. The molecular formula is C21H27BCl2NTi. The quantitative estimate of drug-likeness (QED) is 0.640. The zero-order valence-corrected chi connectivity index (χ0v) is 19.3. The predicted molar refractivity (Wildman–Crippen MR) is 115 cm³/mol. The maximum atomic E-state index is 7.62. The number of nitrogens with one attached hydrogen (secondary N) is 1. The molecule has 2 aromatic carbocycles. The van der Waals surface area contributed by atoms with Gasteiger partial charge < -0.3 is 0 Å². The zero-order valence-electron chi connectivity index (χ0n) is 16.2. The molecule has 1 atom stereocenters. The van der Waals surface area contributed by atoms with Gasteiger partial charge in [-0.1, -0.05) is 0 Å². The van der Waals surface area contributed by atoms with Crippen LogP contribution in [0.25, 0.3) is 5.57 Å². The standard InChI is InChI=1S/C11H11.C6H6B.C4H10N.2ClH.Ti/c1-8-7-10-5-3-4-6-11(10)9(8)2;7-6-4-2-1-3-5-6;1-4(2,3)5;;;/h3-7H,1-2H3;1-5,7H;5H,1-3H3;2*1H;/q;+1;-1;;;+2/p-2. The molecular weight excluding hydrogens is 396 g/mol. The molecule has 1 unspecified atom stereocenters. The Bertz CT molecular complexity index is 856. The molecule has 0 fully saturated rings. The van der Waals surface area contributed by atoms with Gasteiger partial charge in [-0.25, -0.2) is 0 Å². The Kier molecular flexibility index (Phi) is 5.32. The Hall–Kier alpha value is -0.501. The monoisotopic (exact) mass is 422 g/mol. The van der Waals surface area contributed by atoms with E-state index in [1.54, 1.807) is 0 Å². The van der Waals surface area contributed by atoms with Gasteiger partial charge in [-0.15, -0.1) is 0 Å². The molecule has 0 saturated carbocycles. The van der Waals surface area contributed by atoms with Crippen molar-refractivity contribution in [1.29, 1.82) is 0 Å². The van der Waals surface area contributed by atoms with Crippen LogP contribution in [-0.2, 0) is 13.2 Å². The van der Waals surface area contributed by atoms with Crippen molar-refractivity contribution in [3.8, 4) is 0 Å². The molecule has 0 bridgehead atoms. The van der Waals surface area contributed by atoms with E-state index in [0.29, 0.717) is 5.46 Å². The molecule has 1 nitrogen and oxygen atoms in total. The minimum atomic E-state index is -4.27. The Morgan fingerprint density at radius 1 is 0.923 bits per heavy atom. The van der Waals surface area contributed by atoms with Crippen molar-refractivity contribution in [2.45, 2.75) is 44.4 Å². The first-order chi connectivity index (χ1) is 12.0. The molecule has 5 heteroatoms. The molecule has 1 aliphatic carbocycles. The van der Waals surface area contributed by atoms with Gasteiger partial charge in [0.2, 0.25) is 0 Å². The molecule has 0 aromatic heterocycles. The number of benzene rings is 2. The van der Waals surface area contributed by atoms with Gasteiger partial charge in [0.15, 0.2) is 0 Å². The Morgan fingerprint density at radius 3 is 2.12 bits per heavy atom. The second-order valence-corrected chi connectivity index (χ2v) is 22.4. The summed E-state index contributed by atoms with van der Waals surface area (Å²) in [5.41, 5.74) is 6.91. The fourth-order valence-electron chi connectivity index (χ4n) is 4.44. The summed E-state index contributed by atoms with van der Waals surface area (Å²) in [6.45, 7) is 10.8. The van der Waals surface area contributed by atoms with Gasteiger partial charge >= 0.3 is 168 Å². The summed E-state index contributed by atoms with van der Waals surface area (Å²) in [6.07, 6.45) is 0. The number of allylic oxidation sites excluding steroid dienone is 2. The topological polar surface area (TPSA) is 12.0 Å². The number of hydrogen-bond donors (Lipinski definition) is 1. The molecule has 0 spiro atoms. The normalized spacial score (nSPS) is 19.0. The van der Waals surface area contributed by atoms with Crippen molar-refractivity contribution < 1.29 is 13.2 Å². The average molecular weight is 423 g/mol. The predicted octanol–water partition coefficient (Wildman–Crippen LogP) is 5.51. The van der Waals surface area contributed by atoms with Crippen LogP contribution in [0.1, 0.15) is 50.0 Å². The first-order valence-corrected chi connectivity index (χ1v) is 16.3. The van der Waals surface area contributed by atoms with Crippen molar-refractivity contribution in [3.63, 3.8) is 0 Å². The van der Waals surface area contributed by atoms with Crippen LogP contribution in [-0.4, -0.2) is 11.0 Å². The van der Waals surface area contributed by atoms with Gasteiger partial charge in [0.1, 0.15) is 0 Å². The summed E-state index contributed by atoms with van der Waals surface area (Å²) in [5, 5.41) is 0. The molecule has 1 aliphatic rings. The molecule has 2 aromatic rings. The van der Waals surface area contributed by atoms with Gasteiger partial charge in [0.25, 0.3) is 0 Å². The van der Waals surface area contributed by atoms with Crippen LogP contribution in [0.5, 0.6) is 0 Å². The summed E-state index contributed by atoms with van der Waals surface area (Å²) < 4.78 is 3.84. The first-order valence-electron chi connectivity index (χ1n) is 9.19. The minimum absolute atomic E-state index is 0.0611. The molecule has 0 radical (unpaired) electrons. The Morgan fingerprint density at radius 2 is 1.50 bits per heavy atom. The molecule has 0 amide bonds. The van der Waals surface area contributed by atoms with Crippen LogP contribution in [0.4, 0.5) is 0 Å². The van der Waals surface area contributed by atoms with Gasteiger partial charge in [-0.05, 0) is 0 Å². The van der Waals surface area contributed by atoms with Crippen LogP contribution in [0.15, 0.2) is 60.2 Å². The molecule has 1 N–H and O–H groups in total. The molecule has 0 aliphatic heterocycles. The van der Waals surface area contributed by atoms with Crippen LogP contribution in [0.2, 0.25) is 0 Å².